The number of benzene rings is 2. The number of nitrogen functional groups attached to an aromatic ring is 1. The molecule has 0 aliphatic heterocycles. The van der Waals surface area contributed by atoms with Crippen LogP contribution in [0.5, 0.6) is 5.75 Å². The summed E-state index contributed by atoms with van der Waals surface area (Å²) in [4.78, 5) is 16.9. The minimum atomic E-state index is -0.324. The molecular formula is C20H19BrN4O2S. The molecule has 0 saturated carbocycles. The number of hydrogen-bond donors (Lipinski definition) is 2. The fourth-order valence-corrected chi connectivity index (χ4v) is 3.53. The second kappa shape index (κ2) is 9.48. The molecule has 3 rings (SSSR count). The van der Waals surface area contributed by atoms with Gasteiger partial charge in [-0.3, -0.25) is 4.79 Å². The molecule has 0 aliphatic carbocycles. The van der Waals surface area contributed by atoms with Crippen LogP contribution in [0, 0.1) is 0 Å². The van der Waals surface area contributed by atoms with Crippen LogP contribution in [0.3, 0.4) is 0 Å². The predicted octanol–water partition coefficient (Wildman–Crippen LogP) is 4.39. The molecule has 0 bridgehead atoms. The maximum absolute atomic E-state index is 12.3. The Hall–Kier alpha value is -2.71. The molecule has 0 radical (unpaired) electrons. The van der Waals surface area contributed by atoms with E-state index >= 15 is 0 Å². The van der Waals surface area contributed by atoms with Gasteiger partial charge < -0.3 is 10.5 Å². The van der Waals surface area contributed by atoms with Gasteiger partial charge in [0.1, 0.15) is 17.2 Å². The lowest BCUT2D eigenvalue weighted by Crippen LogP contribution is -2.17. The predicted molar refractivity (Wildman–Crippen MR) is 116 cm³/mol. The van der Waals surface area contributed by atoms with E-state index in [4.69, 9.17) is 10.5 Å². The molecule has 0 aliphatic rings. The molecule has 0 fully saturated rings. The average molecular weight is 459 g/mol. The summed E-state index contributed by atoms with van der Waals surface area (Å²) in [5.41, 5.74) is 10.7. The van der Waals surface area contributed by atoms with E-state index in [1.807, 2.05) is 55.5 Å². The van der Waals surface area contributed by atoms with Gasteiger partial charge in [-0.05, 0) is 36.2 Å². The Bertz CT molecular complexity index is 986. The van der Waals surface area contributed by atoms with Gasteiger partial charge in [0, 0.05) is 10.0 Å². The van der Waals surface area contributed by atoms with Crippen molar-refractivity contribution in [3.8, 4) is 5.75 Å². The number of halogens is 1. The zero-order chi connectivity index (χ0) is 19.9. The Morgan fingerprint density at radius 1 is 1.29 bits per heavy atom. The Morgan fingerprint density at radius 3 is 2.79 bits per heavy atom. The Kier molecular flexibility index (Phi) is 6.78. The number of amides is 1. The summed E-state index contributed by atoms with van der Waals surface area (Å²) >= 11 is 4.57. The Labute approximate surface area is 175 Å². The summed E-state index contributed by atoms with van der Waals surface area (Å²) in [6, 6.07) is 15.4. The van der Waals surface area contributed by atoms with Crippen LogP contribution >= 0.6 is 27.3 Å². The first kappa shape index (κ1) is 20.0. The number of anilines is 1. The third-order valence-corrected chi connectivity index (χ3v) is 5.31. The summed E-state index contributed by atoms with van der Waals surface area (Å²) in [6.07, 6.45) is 2.19. The van der Waals surface area contributed by atoms with Gasteiger partial charge in [-0.25, -0.2) is 10.4 Å². The highest BCUT2D eigenvalue weighted by Crippen LogP contribution is 2.21. The number of nitrogens with zero attached hydrogens (tertiary/aromatic N) is 2. The summed E-state index contributed by atoms with van der Waals surface area (Å²) in [7, 11) is 0. The molecule has 3 N–H and O–H groups in total. The number of thiazole rings is 1. The molecule has 1 heterocycles. The lowest BCUT2D eigenvalue weighted by atomic mass is 10.2. The number of para-hydroxylation sites is 1. The fraction of sp³-hybridized carbons (Fsp3) is 0.150. The van der Waals surface area contributed by atoms with Gasteiger partial charge in [-0.1, -0.05) is 58.5 Å². The quantitative estimate of drug-likeness (QED) is 0.405. The average Bonchev–Trinajstić information content (AvgIpc) is 3.09. The number of carbonyl (C=O) groups excluding carboxylic acids is 1. The monoisotopic (exact) mass is 458 g/mol. The zero-order valence-corrected chi connectivity index (χ0v) is 17.6. The number of hydrazone groups is 1. The van der Waals surface area contributed by atoms with Crippen LogP contribution in [0.1, 0.15) is 33.4 Å². The number of aryl methyl sites for hydroxylation is 1. The topological polar surface area (TPSA) is 89.6 Å². The van der Waals surface area contributed by atoms with Gasteiger partial charge >= 0.3 is 0 Å². The Morgan fingerprint density at radius 2 is 2.04 bits per heavy atom. The SMILES string of the molecule is CCc1nc(N)sc1C(=O)N/N=C/c1ccccc1OCc1ccc(Br)cc1. The first-order chi connectivity index (χ1) is 13.6. The molecular weight excluding hydrogens is 440 g/mol. The van der Waals surface area contributed by atoms with Crippen LogP contribution in [0.25, 0.3) is 0 Å². The van der Waals surface area contributed by atoms with Gasteiger partial charge in [0.05, 0.1) is 11.9 Å². The fourth-order valence-electron chi connectivity index (χ4n) is 2.46. The summed E-state index contributed by atoms with van der Waals surface area (Å²) in [5, 5.41) is 4.43. The minimum absolute atomic E-state index is 0.324. The van der Waals surface area contributed by atoms with Crippen LogP contribution in [-0.4, -0.2) is 17.1 Å². The molecule has 1 amide bonds. The van der Waals surface area contributed by atoms with Gasteiger partial charge in [0.25, 0.3) is 5.91 Å². The first-order valence-corrected chi connectivity index (χ1v) is 10.2. The van der Waals surface area contributed by atoms with Crippen LogP contribution in [0.4, 0.5) is 5.13 Å². The van der Waals surface area contributed by atoms with Crippen LogP contribution < -0.4 is 15.9 Å². The van der Waals surface area contributed by atoms with E-state index in [1.54, 1.807) is 6.21 Å². The van der Waals surface area contributed by atoms with E-state index in [-0.39, 0.29) is 5.91 Å². The van der Waals surface area contributed by atoms with Crippen molar-refractivity contribution in [3.05, 3.63) is 74.7 Å². The summed E-state index contributed by atoms with van der Waals surface area (Å²) in [6.45, 7) is 2.36. The highest BCUT2D eigenvalue weighted by molar-refractivity contribution is 9.10. The van der Waals surface area contributed by atoms with E-state index in [9.17, 15) is 4.79 Å². The van der Waals surface area contributed by atoms with Crippen molar-refractivity contribution in [3.63, 3.8) is 0 Å². The van der Waals surface area contributed by atoms with E-state index in [2.05, 4.69) is 31.4 Å². The molecule has 3 aromatic rings. The van der Waals surface area contributed by atoms with Crippen LogP contribution in [0.15, 0.2) is 58.1 Å². The molecule has 2 aromatic carbocycles. The van der Waals surface area contributed by atoms with Gasteiger partial charge in [0.15, 0.2) is 5.13 Å². The number of aromatic nitrogens is 1. The summed E-state index contributed by atoms with van der Waals surface area (Å²) < 4.78 is 6.92. The van der Waals surface area contributed by atoms with Crippen molar-refractivity contribution < 1.29 is 9.53 Å². The molecule has 6 nitrogen and oxygen atoms in total. The lowest BCUT2D eigenvalue weighted by molar-refractivity contribution is 0.0958. The number of ether oxygens (including phenoxy) is 1. The molecule has 28 heavy (non-hydrogen) atoms. The number of hydrogen-bond acceptors (Lipinski definition) is 6. The first-order valence-electron chi connectivity index (χ1n) is 8.61. The van der Waals surface area contributed by atoms with Gasteiger partial charge in [-0.2, -0.15) is 5.10 Å². The molecule has 8 heteroatoms. The van der Waals surface area contributed by atoms with Crippen LogP contribution in [0.2, 0.25) is 0 Å². The summed E-state index contributed by atoms with van der Waals surface area (Å²) in [5.74, 6) is 0.357. The number of carbonyl (C=O) groups is 1. The van der Waals surface area contributed by atoms with E-state index in [0.717, 1.165) is 26.9 Å². The van der Waals surface area contributed by atoms with Crippen molar-refractivity contribution in [2.24, 2.45) is 5.10 Å². The molecule has 0 saturated heterocycles. The second-order valence-corrected chi connectivity index (χ2v) is 7.78. The Balaban J connectivity index is 1.65. The standard InChI is InChI=1S/C20H19BrN4O2S/c1-2-16-18(28-20(22)24-16)19(26)25-23-11-14-5-3-4-6-17(14)27-12-13-7-9-15(21)10-8-13/h3-11H,2,12H2,1H3,(H2,22,24)(H,25,26)/b23-11+. The molecule has 144 valence electrons. The van der Waals surface area contributed by atoms with Gasteiger partial charge in [0.2, 0.25) is 0 Å². The van der Waals surface area contributed by atoms with Crippen LogP contribution in [-0.2, 0) is 13.0 Å². The normalized spacial score (nSPS) is 10.9. The second-order valence-electron chi connectivity index (χ2n) is 5.83. The van der Waals surface area contributed by atoms with Crippen molar-refractivity contribution in [1.82, 2.24) is 10.4 Å². The third-order valence-electron chi connectivity index (χ3n) is 3.85. The molecule has 0 unspecified atom stereocenters. The van der Waals surface area contributed by atoms with Crippen molar-refractivity contribution in [2.75, 3.05) is 5.73 Å². The van der Waals surface area contributed by atoms with Gasteiger partial charge in [-0.15, -0.1) is 0 Å². The minimum Gasteiger partial charge on any atom is -0.488 e. The number of nitrogens with one attached hydrogen (secondary N) is 1. The van der Waals surface area contributed by atoms with Crippen molar-refractivity contribution in [2.45, 2.75) is 20.0 Å². The van der Waals surface area contributed by atoms with E-state index < -0.39 is 0 Å². The molecule has 0 atom stereocenters. The van der Waals surface area contributed by atoms with E-state index in [1.165, 1.54) is 0 Å². The molecule has 0 spiro atoms. The number of rotatable bonds is 7. The lowest BCUT2D eigenvalue weighted by Gasteiger charge is -2.09. The third kappa shape index (κ3) is 5.17. The zero-order valence-electron chi connectivity index (χ0n) is 15.2. The molecule has 1 aromatic heterocycles. The largest absolute Gasteiger partial charge is 0.488 e. The highest BCUT2D eigenvalue weighted by Gasteiger charge is 2.15. The van der Waals surface area contributed by atoms with Crippen molar-refractivity contribution >= 4 is 44.5 Å². The number of nitrogens with two attached hydrogens (primary N) is 1. The van der Waals surface area contributed by atoms with E-state index in [0.29, 0.717) is 34.5 Å². The highest BCUT2D eigenvalue weighted by atomic mass is 79.9. The smallest absolute Gasteiger partial charge is 0.283 e. The maximum atomic E-state index is 12.3. The van der Waals surface area contributed by atoms with Crippen molar-refractivity contribution in [1.29, 1.82) is 0 Å². The maximum Gasteiger partial charge on any atom is 0.283 e.